The van der Waals surface area contributed by atoms with E-state index < -0.39 is 5.60 Å². The van der Waals surface area contributed by atoms with Crippen LogP contribution >= 0.6 is 11.3 Å². The van der Waals surface area contributed by atoms with Gasteiger partial charge in [-0.1, -0.05) is 6.92 Å². The molecule has 15 heavy (non-hydrogen) atoms. The lowest BCUT2D eigenvalue weighted by atomic mass is 9.78. The van der Waals surface area contributed by atoms with Crippen LogP contribution in [-0.4, -0.2) is 28.8 Å². The number of thiazole rings is 1. The Morgan fingerprint density at radius 2 is 2.60 bits per heavy atom. The highest BCUT2D eigenvalue weighted by Gasteiger charge is 2.38. The minimum Gasteiger partial charge on any atom is -0.389 e. The maximum Gasteiger partial charge on any atom is 0.0953 e. The number of piperidine rings is 1. The Bertz CT molecular complexity index is 302. The lowest BCUT2D eigenvalue weighted by Crippen LogP contribution is -2.51. The number of rotatable bonds is 3. The van der Waals surface area contributed by atoms with Crippen LogP contribution < -0.4 is 5.32 Å². The van der Waals surface area contributed by atoms with E-state index in [0.29, 0.717) is 12.3 Å². The van der Waals surface area contributed by atoms with Crippen molar-refractivity contribution in [2.45, 2.75) is 31.8 Å². The van der Waals surface area contributed by atoms with E-state index in [2.05, 4.69) is 17.2 Å². The van der Waals surface area contributed by atoms with Crippen LogP contribution in [-0.2, 0) is 6.42 Å². The van der Waals surface area contributed by atoms with Gasteiger partial charge in [0.2, 0.25) is 0 Å². The lowest BCUT2D eigenvalue weighted by molar-refractivity contribution is -0.0414. The Balaban J connectivity index is 2.09. The summed E-state index contributed by atoms with van der Waals surface area (Å²) in [5.41, 5.74) is -0.544. The fourth-order valence-electron chi connectivity index (χ4n) is 2.33. The van der Waals surface area contributed by atoms with Crippen LogP contribution in [0, 0.1) is 5.92 Å². The van der Waals surface area contributed by atoms with E-state index in [1.807, 2.05) is 11.6 Å². The minimum absolute atomic E-state index is 0.357. The molecule has 0 bridgehead atoms. The zero-order valence-electron chi connectivity index (χ0n) is 9.07. The van der Waals surface area contributed by atoms with E-state index >= 15 is 0 Å². The number of hydrogen-bond acceptors (Lipinski definition) is 4. The summed E-state index contributed by atoms with van der Waals surface area (Å²) in [4.78, 5) is 4.26. The molecule has 0 aromatic carbocycles. The van der Waals surface area contributed by atoms with Gasteiger partial charge in [0, 0.05) is 30.5 Å². The summed E-state index contributed by atoms with van der Waals surface area (Å²) in [5.74, 6) is 0.357. The zero-order chi connectivity index (χ0) is 10.7. The molecule has 2 rings (SSSR count). The molecule has 2 heterocycles. The third-order valence-electron chi connectivity index (χ3n) is 3.32. The van der Waals surface area contributed by atoms with Gasteiger partial charge in [-0.2, -0.15) is 0 Å². The Kier molecular flexibility index (Phi) is 3.38. The van der Waals surface area contributed by atoms with Crippen LogP contribution in [0.1, 0.15) is 24.8 Å². The molecule has 1 fully saturated rings. The van der Waals surface area contributed by atoms with Crippen LogP contribution in [0.5, 0.6) is 0 Å². The van der Waals surface area contributed by atoms with Gasteiger partial charge >= 0.3 is 0 Å². The summed E-state index contributed by atoms with van der Waals surface area (Å²) < 4.78 is 0. The highest BCUT2D eigenvalue weighted by molar-refractivity contribution is 7.09. The average Bonchev–Trinajstić information content (AvgIpc) is 2.70. The van der Waals surface area contributed by atoms with E-state index in [0.717, 1.165) is 30.9 Å². The minimum atomic E-state index is -0.544. The second-order valence-electron chi connectivity index (χ2n) is 4.27. The Morgan fingerprint density at radius 1 is 1.73 bits per heavy atom. The molecule has 0 aliphatic carbocycles. The molecular weight excluding hydrogens is 208 g/mol. The highest BCUT2D eigenvalue weighted by atomic mass is 32.1. The number of nitrogens with one attached hydrogen (secondary N) is 1. The largest absolute Gasteiger partial charge is 0.389 e. The van der Waals surface area contributed by atoms with Gasteiger partial charge in [-0.05, 0) is 19.4 Å². The predicted molar refractivity (Wildman–Crippen MR) is 62.0 cm³/mol. The van der Waals surface area contributed by atoms with E-state index in [-0.39, 0.29) is 0 Å². The van der Waals surface area contributed by atoms with Gasteiger partial charge in [0.15, 0.2) is 0 Å². The van der Waals surface area contributed by atoms with Crippen molar-refractivity contribution in [3.8, 4) is 0 Å². The Hall–Kier alpha value is -0.450. The summed E-state index contributed by atoms with van der Waals surface area (Å²) in [5, 5.41) is 17.0. The average molecular weight is 226 g/mol. The van der Waals surface area contributed by atoms with Gasteiger partial charge < -0.3 is 10.4 Å². The van der Waals surface area contributed by atoms with Crippen molar-refractivity contribution in [1.82, 2.24) is 10.3 Å². The second-order valence-corrected chi connectivity index (χ2v) is 5.24. The Morgan fingerprint density at radius 3 is 3.27 bits per heavy atom. The summed E-state index contributed by atoms with van der Waals surface area (Å²) in [6, 6.07) is 0. The standard InChI is InChI=1S/C11H18N2OS/c1-2-9-8-12-4-3-11(9,14)7-10-13-5-6-15-10/h5-6,9,12,14H,2-4,7-8H2,1H3. The Labute approximate surface area is 94.5 Å². The van der Waals surface area contributed by atoms with Gasteiger partial charge in [0.25, 0.3) is 0 Å². The first kappa shape index (κ1) is 11.0. The molecule has 1 aliphatic rings. The first-order chi connectivity index (χ1) is 7.24. The molecule has 0 radical (unpaired) electrons. The number of aromatic nitrogens is 1. The van der Waals surface area contributed by atoms with E-state index in [9.17, 15) is 5.11 Å². The third kappa shape index (κ3) is 2.38. The molecule has 1 aromatic heterocycles. The molecule has 2 unspecified atom stereocenters. The first-order valence-electron chi connectivity index (χ1n) is 5.56. The summed E-state index contributed by atoms with van der Waals surface area (Å²) in [6.45, 7) is 3.99. The molecule has 84 valence electrons. The maximum absolute atomic E-state index is 10.6. The molecule has 3 nitrogen and oxygen atoms in total. The van der Waals surface area contributed by atoms with Crippen molar-refractivity contribution in [2.75, 3.05) is 13.1 Å². The first-order valence-corrected chi connectivity index (χ1v) is 6.44. The van der Waals surface area contributed by atoms with Gasteiger partial charge in [0.1, 0.15) is 0 Å². The molecule has 2 atom stereocenters. The smallest absolute Gasteiger partial charge is 0.0953 e. The maximum atomic E-state index is 10.6. The normalized spacial score (nSPS) is 31.7. The van der Waals surface area contributed by atoms with Crippen LogP contribution in [0.3, 0.4) is 0 Å². The van der Waals surface area contributed by atoms with Gasteiger partial charge in [-0.25, -0.2) is 4.98 Å². The summed E-state index contributed by atoms with van der Waals surface area (Å²) in [7, 11) is 0. The van der Waals surface area contributed by atoms with E-state index in [1.54, 1.807) is 11.3 Å². The van der Waals surface area contributed by atoms with Gasteiger partial charge in [-0.3, -0.25) is 0 Å². The van der Waals surface area contributed by atoms with Crippen LogP contribution in [0.2, 0.25) is 0 Å². The van der Waals surface area contributed by atoms with Crippen molar-refractivity contribution in [3.05, 3.63) is 16.6 Å². The lowest BCUT2D eigenvalue weighted by Gasteiger charge is -2.39. The molecule has 0 saturated carbocycles. The number of nitrogens with zero attached hydrogens (tertiary/aromatic N) is 1. The third-order valence-corrected chi connectivity index (χ3v) is 4.10. The SMILES string of the molecule is CCC1CNCCC1(O)Cc1nccs1. The van der Waals surface area contributed by atoms with Crippen molar-refractivity contribution in [1.29, 1.82) is 0 Å². The number of aliphatic hydroxyl groups is 1. The monoisotopic (exact) mass is 226 g/mol. The summed E-state index contributed by atoms with van der Waals surface area (Å²) >= 11 is 1.64. The van der Waals surface area contributed by atoms with Crippen LogP contribution in [0.25, 0.3) is 0 Å². The van der Waals surface area contributed by atoms with Crippen molar-refractivity contribution >= 4 is 11.3 Å². The predicted octanol–water partition coefficient (Wildman–Crippen LogP) is 1.44. The molecule has 4 heteroatoms. The molecule has 0 amide bonds. The topological polar surface area (TPSA) is 45.1 Å². The molecule has 1 saturated heterocycles. The van der Waals surface area contributed by atoms with Gasteiger partial charge in [-0.15, -0.1) is 11.3 Å². The quantitative estimate of drug-likeness (QED) is 0.819. The molecular formula is C11H18N2OS. The van der Waals surface area contributed by atoms with Crippen LogP contribution in [0.15, 0.2) is 11.6 Å². The van der Waals surface area contributed by atoms with Crippen molar-refractivity contribution in [2.24, 2.45) is 5.92 Å². The highest BCUT2D eigenvalue weighted by Crippen LogP contribution is 2.31. The zero-order valence-corrected chi connectivity index (χ0v) is 9.89. The molecule has 1 aromatic rings. The fraction of sp³-hybridized carbons (Fsp3) is 0.727. The van der Waals surface area contributed by atoms with Crippen LogP contribution in [0.4, 0.5) is 0 Å². The second kappa shape index (κ2) is 4.60. The van der Waals surface area contributed by atoms with E-state index in [4.69, 9.17) is 0 Å². The molecule has 1 aliphatic heterocycles. The fourth-order valence-corrected chi connectivity index (χ4v) is 3.07. The van der Waals surface area contributed by atoms with Gasteiger partial charge in [0.05, 0.1) is 10.6 Å². The molecule has 0 spiro atoms. The molecule has 2 N–H and O–H groups in total. The van der Waals surface area contributed by atoms with E-state index in [1.165, 1.54) is 0 Å². The summed E-state index contributed by atoms with van der Waals surface area (Å²) in [6.07, 6.45) is 4.39. The van der Waals surface area contributed by atoms with Crippen molar-refractivity contribution in [3.63, 3.8) is 0 Å². The van der Waals surface area contributed by atoms with Crippen molar-refractivity contribution < 1.29 is 5.11 Å². The number of hydrogen-bond donors (Lipinski definition) is 2.